The summed E-state index contributed by atoms with van der Waals surface area (Å²) in [6.07, 6.45) is 15.2. The van der Waals surface area contributed by atoms with Gasteiger partial charge in [-0.15, -0.1) is 0 Å². The molecule has 0 atom stereocenters. The van der Waals surface area contributed by atoms with Gasteiger partial charge in [0.15, 0.2) is 0 Å². The van der Waals surface area contributed by atoms with Gasteiger partial charge in [-0.1, -0.05) is 84.6 Å². The summed E-state index contributed by atoms with van der Waals surface area (Å²) in [6, 6.07) is 0.817. The molecule has 168 valence electrons. The van der Waals surface area contributed by atoms with Crippen LogP contribution in [0, 0.1) is 0 Å². The number of hydrogen-bond donors (Lipinski definition) is 1. The second-order valence-corrected chi connectivity index (χ2v) is 9.68. The molecule has 0 aliphatic carbocycles. The summed E-state index contributed by atoms with van der Waals surface area (Å²) in [5.74, 6) is -0.305. The molecule has 0 rings (SSSR count). The summed E-state index contributed by atoms with van der Waals surface area (Å²) in [7, 11) is 0.828. The first kappa shape index (κ1) is 29.5. The lowest BCUT2D eigenvalue weighted by Crippen LogP contribution is -2.45. The van der Waals surface area contributed by atoms with E-state index in [1.165, 1.54) is 63.9 Å². The minimum Gasteiger partial charge on any atom is -0.463 e. The van der Waals surface area contributed by atoms with Crippen molar-refractivity contribution in [3.05, 3.63) is 12.7 Å². The smallest absolute Gasteiger partial charge is 0.463 e. The lowest BCUT2D eigenvalue weighted by atomic mass is 10.1. The lowest BCUT2D eigenvalue weighted by molar-refractivity contribution is -0.137. The summed E-state index contributed by atoms with van der Waals surface area (Å²) in [6.45, 7) is 8.36. The van der Waals surface area contributed by atoms with E-state index in [0.29, 0.717) is 6.61 Å². The number of carbonyl (C=O) groups is 1. The Labute approximate surface area is 174 Å². The van der Waals surface area contributed by atoms with E-state index in [2.05, 4.69) is 20.4 Å². The predicted molar refractivity (Wildman–Crippen MR) is 118 cm³/mol. The number of nitrogens with two attached hydrogens (primary N) is 1. The van der Waals surface area contributed by atoms with Crippen LogP contribution in [0.3, 0.4) is 0 Å². The number of unbranched alkanes of at least 4 members (excludes halogenated alkanes) is 9. The van der Waals surface area contributed by atoms with E-state index in [-0.39, 0.29) is 12.7 Å². The summed E-state index contributed by atoms with van der Waals surface area (Å²) in [4.78, 5) is 10.7. The fraction of sp³-hybridized carbons (Fsp3) is 0.857. The monoisotopic (exact) mass is 419 g/mol. The third-order valence-corrected chi connectivity index (χ3v) is 7.35. The standard InChI is InChI=1S/C15H28O2.C6H17NO3Si/c1-3-5-6-7-8-9-10-11-12-13-14-17-15(16)4-2;1-4-5-11(8-2,9-3)10-6-7/h4H,2-3,5-14H2,1H3;4-7H2,1-3H3. The molecule has 0 spiro atoms. The number of esters is 1. The lowest BCUT2D eigenvalue weighted by Gasteiger charge is -2.24. The van der Waals surface area contributed by atoms with Crippen molar-refractivity contribution >= 4 is 14.8 Å². The zero-order valence-electron chi connectivity index (χ0n) is 18.8. The van der Waals surface area contributed by atoms with Gasteiger partial charge in [0.2, 0.25) is 0 Å². The number of ether oxygens (including phenoxy) is 1. The summed E-state index contributed by atoms with van der Waals surface area (Å²) >= 11 is 0. The molecule has 28 heavy (non-hydrogen) atoms. The first-order chi connectivity index (χ1) is 13.6. The number of hydrogen-bond acceptors (Lipinski definition) is 6. The summed E-state index contributed by atoms with van der Waals surface area (Å²) in [5.41, 5.74) is 5.25. The highest BCUT2D eigenvalue weighted by Gasteiger charge is 2.37. The minimum atomic E-state index is -2.37. The van der Waals surface area contributed by atoms with Crippen LogP contribution in [0.4, 0.5) is 0 Å². The molecule has 0 radical (unpaired) electrons. The molecule has 0 aromatic rings. The molecule has 0 aliphatic rings. The molecule has 0 heterocycles. The zero-order valence-corrected chi connectivity index (χ0v) is 19.8. The van der Waals surface area contributed by atoms with Gasteiger partial charge >= 0.3 is 14.8 Å². The molecule has 7 heteroatoms. The van der Waals surface area contributed by atoms with Crippen molar-refractivity contribution in [2.75, 3.05) is 27.6 Å². The Hall–Kier alpha value is -0.733. The highest BCUT2D eigenvalue weighted by molar-refractivity contribution is 6.60. The normalized spacial score (nSPS) is 10.9. The van der Waals surface area contributed by atoms with Crippen LogP contribution in [0.2, 0.25) is 6.04 Å². The minimum absolute atomic E-state index is 0.161. The third-order valence-electron chi connectivity index (χ3n) is 4.39. The van der Waals surface area contributed by atoms with Crippen LogP contribution >= 0.6 is 0 Å². The van der Waals surface area contributed by atoms with E-state index in [1.54, 1.807) is 14.2 Å². The van der Waals surface area contributed by atoms with Gasteiger partial charge in [-0.05, 0) is 6.42 Å². The topological polar surface area (TPSA) is 80.0 Å². The SMILES string of the molecule is C=CC(=O)OCCCCCCCCCCCC.CCC[Si](OC)(OC)OCN. The molecular formula is C21H45NO5Si. The van der Waals surface area contributed by atoms with E-state index in [1.807, 2.05) is 0 Å². The Morgan fingerprint density at radius 3 is 1.79 bits per heavy atom. The molecule has 0 aromatic heterocycles. The fourth-order valence-corrected chi connectivity index (χ4v) is 4.55. The first-order valence-electron chi connectivity index (χ1n) is 10.8. The maximum absolute atomic E-state index is 10.7. The molecule has 0 aromatic carbocycles. The second kappa shape index (κ2) is 22.6. The molecule has 0 saturated heterocycles. The van der Waals surface area contributed by atoms with Gasteiger partial charge < -0.3 is 23.7 Å². The van der Waals surface area contributed by atoms with Gasteiger partial charge in [0.05, 0.1) is 13.3 Å². The first-order valence-corrected chi connectivity index (χ1v) is 12.7. The molecular weight excluding hydrogens is 374 g/mol. The third kappa shape index (κ3) is 18.6. The Balaban J connectivity index is 0. The van der Waals surface area contributed by atoms with Gasteiger partial charge in [0.25, 0.3) is 0 Å². The molecule has 0 amide bonds. The Bertz CT molecular complexity index is 344. The number of carbonyl (C=O) groups excluding carboxylic acids is 1. The van der Waals surface area contributed by atoms with Crippen molar-refractivity contribution < 1.29 is 22.8 Å². The van der Waals surface area contributed by atoms with Crippen molar-refractivity contribution in [2.45, 2.75) is 90.5 Å². The van der Waals surface area contributed by atoms with Gasteiger partial charge in [-0.3, -0.25) is 0 Å². The van der Waals surface area contributed by atoms with Crippen LogP contribution in [0.25, 0.3) is 0 Å². The van der Waals surface area contributed by atoms with Crippen LogP contribution in [0.15, 0.2) is 12.7 Å². The van der Waals surface area contributed by atoms with E-state index >= 15 is 0 Å². The van der Waals surface area contributed by atoms with Crippen LogP contribution < -0.4 is 5.73 Å². The van der Waals surface area contributed by atoms with E-state index in [0.717, 1.165) is 18.9 Å². The average molecular weight is 420 g/mol. The van der Waals surface area contributed by atoms with Crippen LogP contribution in [0.5, 0.6) is 0 Å². The summed E-state index contributed by atoms with van der Waals surface area (Å²) < 4.78 is 20.5. The highest BCUT2D eigenvalue weighted by Crippen LogP contribution is 2.14. The molecule has 0 fully saturated rings. The molecule has 2 N–H and O–H groups in total. The maximum Gasteiger partial charge on any atom is 0.501 e. The number of rotatable bonds is 18. The van der Waals surface area contributed by atoms with Crippen molar-refractivity contribution in [3.63, 3.8) is 0 Å². The van der Waals surface area contributed by atoms with Gasteiger partial charge in [-0.25, -0.2) is 4.79 Å². The van der Waals surface area contributed by atoms with E-state index in [9.17, 15) is 4.79 Å². The summed E-state index contributed by atoms with van der Waals surface area (Å²) in [5, 5.41) is 0. The van der Waals surface area contributed by atoms with Crippen molar-refractivity contribution in [1.29, 1.82) is 0 Å². The van der Waals surface area contributed by atoms with Crippen molar-refractivity contribution in [1.82, 2.24) is 0 Å². The Morgan fingerprint density at radius 1 is 0.893 bits per heavy atom. The molecule has 6 nitrogen and oxygen atoms in total. The second-order valence-electron chi connectivity index (χ2n) is 6.71. The van der Waals surface area contributed by atoms with E-state index < -0.39 is 8.80 Å². The van der Waals surface area contributed by atoms with Crippen LogP contribution in [0.1, 0.15) is 84.5 Å². The predicted octanol–water partition coefficient (Wildman–Crippen LogP) is 5.20. The molecule has 0 bridgehead atoms. The van der Waals surface area contributed by atoms with Gasteiger partial charge in [0.1, 0.15) is 0 Å². The molecule has 0 aliphatic heterocycles. The Kier molecular flexibility index (Phi) is 23.7. The average Bonchev–Trinajstić information content (AvgIpc) is 2.72. The Morgan fingerprint density at radius 2 is 1.39 bits per heavy atom. The van der Waals surface area contributed by atoms with Crippen LogP contribution in [-0.4, -0.2) is 42.3 Å². The maximum atomic E-state index is 10.7. The fourth-order valence-electron chi connectivity index (χ4n) is 2.73. The quantitative estimate of drug-likeness (QED) is 0.108. The largest absolute Gasteiger partial charge is 0.501 e. The van der Waals surface area contributed by atoms with Crippen LogP contribution in [-0.2, 0) is 22.8 Å². The zero-order chi connectivity index (χ0) is 21.5. The molecule has 0 saturated carbocycles. The van der Waals surface area contributed by atoms with Crippen molar-refractivity contribution in [2.24, 2.45) is 5.73 Å². The van der Waals surface area contributed by atoms with Crippen molar-refractivity contribution in [3.8, 4) is 0 Å². The van der Waals surface area contributed by atoms with Gasteiger partial charge in [-0.2, -0.15) is 0 Å². The van der Waals surface area contributed by atoms with Gasteiger partial charge in [0, 0.05) is 26.3 Å². The molecule has 0 unspecified atom stereocenters. The van der Waals surface area contributed by atoms with E-state index in [4.69, 9.17) is 23.7 Å². The highest BCUT2D eigenvalue weighted by atomic mass is 28.4.